The fraction of sp³-hybridized carbons (Fsp3) is 0.565. The van der Waals surface area contributed by atoms with Crippen LogP contribution in [0.2, 0.25) is 0 Å². The zero-order chi connectivity index (χ0) is 41.7. The van der Waals surface area contributed by atoms with E-state index in [1.54, 1.807) is 36.0 Å². The molecular weight excluding hydrogens is 705 g/mol. The molecule has 2 aliphatic heterocycles. The Bertz CT molecular complexity index is 1540. The van der Waals surface area contributed by atoms with E-state index in [1.165, 1.54) is 0 Å². The van der Waals surface area contributed by atoms with E-state index in [-0.39, 0.29) is 59.8 Å². The monoisotopic (exact) mass is 773 g/mol. The number of hydrogen-bond acceptors (Lipinski definition) is 6. The van der Waals surface area contributed by atoms with E-state index in [4.69, 9.17) is 9.47 Å². The molecular formula is C46H68N4O6. The van der Waals surface area contributed by atoms with Crippen LogP contribution in [0.5, 0.6) is 11.5 Å². The third-order valence-corrected chi connectivity index (χ3v) is 10.5. The maximum atomic E-state index is 13.2. The van der Waals surface area contributed by atoms with Gasteiger partial charge in [0.2, 0.25) is 11.8 Å². The summed E-state index contributed by atoms with van der Waals surface area (Å²) in [5, 5.41) is 6.35. The second-order valence-electron chi connectivity index (χ2n) is 16.7. The van der Waals surface area contributed by atoms with Crippen LogP contribution in [-0.2, 0) is 9.59 Å². The van der Waals surface area contributed by atoms with Gasteiger partial charge in [-0.2, -0.15) is 0 Å². The van der Waals surface area contributed by atoms with Gasteiger partial charge in [-0.1, -0.05) is 104 Å². The first kappa shape index (κ1) is 45.8. The van der Waals surface area contributed by atoms with Crippen molar-refractivity contribution in [2.24, 2.45) is 23.7 Å². The molecule has 0 fully saturated rings. The van der Waals surface area contributed by atoms with E-state index < -0.39 is 12.1 Å². The van der Waals surface area contributed by atoms with Crippen molar-refractivity contribution in [2.75, 3.05) is 14.1 Å². The molecule has 308 valence electrons. The summed E-state index contributed by atoms with van der Waals surface area (Å²) in [6.07, 6.45) is 11.3. The summed E-state index contributed by atoms with van der Waals surface area (Å²) in [6, 6.07) is 13.5. The highest BCUT2D eigenvalue weighted by Gasteiger charge is 2.34. The van der Waals surface area contributed by atoms with Crippen molar-refractivity contribution in [3.05, 3.63) is 84.0 Å². The quantitative estimate of drug-likeness (QED) is 0.304. The molecule has 2 aromatic rings. The molecule has 2 aliphatic rings. The van der Waals surface area contributed by atoms with Crippen molar-refractivity contribution in [3.63, 3.8) is 0 Å². The molecule has 0 spiro atoms. The van der Waals surface area contributed by atoms with Gasteiger partial charge in [0.1, 0.15) is 23.6 Å². The van der Waals surface area contributed by atoms with Gasteiger partial charge >= 0.3 is 0 Å². The lowest BCUT2D eigenvalue weighted by molar-refractivity contribution is -0.128. The van der Waals surface area contributed by atoms with Crippen LogP contribution in [-0.4, -0.2) is 83.9 Å². The van der Waals surface area contributed by atoms with E-state index >= 15 is 0 Å². The summed E-state index contributed by atoms with van der Waals surface area (Å²) in [6.45, 7) is 20.3. The third-order valence-electron chi connectivity index (χ3n) is 10.5. The van der Waals surface area contributed by atoms with Gasteiger partial charge in [0, 0.05) is 39.0 Å². The van der Waals surface area contributed by atoms with Gasteiger partial charge < -0.3 is 29.9 Å². The predicted molar refractivity (Wildman–Crippen MR) is 225 cm³/mol. The molecule has 0 saturated heterocycles. The molecule has 4 rings (SSSR count). The first-order chi connectivity index (χ1) is 26.4. The van der Waals surface area contributed by atoms with Gasteiger partial charge in [0.05, 0.1) is 23.3 Å². The number of amides is 4. The van der Waals surface area contributed by atoms with E-state index in [2.05, 4.69) is 62.6 Å². The molecule has 2 aromatic carbocycles. The number of nitrogens with one attached hydrogen (secondary N) is 2. The Morgan fingerprint density at radius 2 is 0.839 bits per heavy atom. The number of likely N-dealkylation sites (N-methyl/N-ethyl adjacent to an activating group) is 2. The number of benzene rings is 2. The van der Waals surface area contributed by atoms with Gasteiger partial charge in [-0.3, -0.25) is 19.2 Å². The highest BCUT2D eigenvalue weighted by atomic mass is 16.5. The Balaban J connectivity index is 0.000000300. The predicted octanol–water partition coefficient (Wildman–Crippen LogP) is 8.08. The Hall–Kier alpha value is -4.60. The first-order valence-electron chi connectivity index (χ1n) is 20.4. The summed E-state index contributed by atoms with van der Waals surface area (Å²) in [5.74, 6) is 1.05. The summed E-state index contributed by atoms with van der Waals surface area (Å²) in [5.41, 5.74) is 0.966. The van der Waals surface area contributed by atoms with Crippen molar-refractivity contribution in [1.29, 1.82) is 0 Å². The van der Waals surface area contributed by atoms with Crippen LogP contribution in [0.4, 0.5) is 0 Å². The molecule has 56 heavy (non-hydrogen) atoms. The number of rotatable bonds is 4. The minimum Gasteiger partial charge on any atom is -0.490 e. The minimum absolute atomic E-state index is 0.0165. The smallest absolute Gasteiger partial charge is 0.258 e. The van der Waals surface area contributed by atoms with Gasteiger partial charge in [0.15, 0.2) is 0 Å². The highest BCUT2D eigenvalue weighted by molar-refractivity contribution is 6.00. The summed E-state index contributed by atoms with van der Waals surface area (Å²) >= 11 is 0. The lowest BCUT2D eigenvalue weighted by atomic mass is 9.96. The van der Waals surface area contributed by atoms with Crippen LogP contribution in [0.3, 0.4) is 0 Å². The largest absolute Gasteiger partial charge is 0.490 e. The van der Waals surface area contributed by atoms with Crippen molar-refractivity contribution in [1.82, 2.24) is 20.4 Å². The second-order valence-corrected chi connectivity index (χ2v) is 16.7. The molecule has 6 atom stereocenters. The van der Waals surface area contributed by atoms with Gasteiger partial charge in [-0.25, -0.2) is 0 Å². The number of nitrogens with zero attached hydrogens (tertiary/aromatic N) is 2. The Morgan fingerprint density at radius 3 is 1.16 bits per heavy atom. The number of para-hydroxylation sites is 2. The number of carbonyl (C=O) groups is 4. The summed E-state index contributed by atoms with van der Waals surface area (Å²) in [7, 11) is 3.39. The zero-order valence-corrected chi connectivity index (χ0v) is 35.9. The third kappa shape index (κ3) is 12.7. The maximum absolute atomic E-state index is 13.2. The standard InChI is InChI=1S/2C23H34N2O3/c2*1-15(2)19-13-9-7-11-17(5)28-20-14-10-8-12-18(20)23(27)25(6)21(16(3)4)22(26)24-19/h2*7-10,12,14-17,19,21H,11,13H2,1-6H3,(H,24,26)/b9-7+;9-7-/t2*17-,19+,21+/m00/s1. The Labute approximate surface area is 336 Å². The molecule has 0 aliphatic carbocycles. The average Bonchev–Trinajstić information content (AvgIpc) is 3.13. The van der Waals surface area contributed by atoms with E-state index in [0.29, 0.717) is 34.5 Å². The number of fused-ring (bicyclic) bond motifs is 2. The van der Waals surface area contributed by atoms with Crippen LogP contribution in [0.1, 0.15) is 116 Å². The van der Waals surface area contributed by atoms with Gasteiger partial charge in [-0.15, -0.1) is 0 Å². The van der Waals surface area contributed by atoms with Crippen molar-refractivity contribution >= 4 is 23.6 Å². The first-order valence-corrected chi connectivity index (χ1v) is 20.4. The molecule has 0 saturated carbocycles. The summed E-state index contributed by atoms with van der Waals surface area (Å²) < 4.78 is 12.1. The normalized spacial score (nSPS) is 25.7. The minimum atomic E-state index is -0.550. The molecule has 4 amide bonds. The lowest BCUT2D eigenvalue weighted by Gasteiger charge is -2.33. The average molecular weight is 773 g/mol. The number of carbonyl (C=O) groups excluding carboxylic acids is 4. The van der Waals surface area contributed by atoms with Crippen molar-refractivity contribution < 1.29 is 28.7 Å². The Kier molecular flexibility index (Phi) is 17.7. The van der Waals surface area contributed by atoms with Gasteiger partial charge in [0.25, 0.3) is 11.8 Å². The lowest BCUT2D eigenvalue weighted by Crippen LogP contribution is -2.53. The Morgan fingerprint density at radius 1 is 0.518 bits per heavy atom. The van der Waals surface area contributed by atoms with Crippen LogP contribution < -0.4 is 20.1 Å². The highest BCUT2D eigenvalue weighted by Crippen LogP contribution is 2.26. The molecule has 2 N–H and O–H groups in total. The number of ether oxygens (including phenoxy) is 2. The van der Waals surface area contributed by atoms with E-state index in [0.717, 1.165) is 25.7 Å². The molecule has 0 bridgehead atoms. The van der Waals surface area contributed by atoms with Gasteiger partial charge in [-0.05, 0) is 74.6 Å². The molecule has 10 nitrogen and oxygen atoms in total. The van der Waals surface area contributed by atoms with E-state index in [1.807, 2.05) is 77.9 Å². The molecule has 0 radical (unpaired) electrons. The van der Waals surface area contributed by atoms with Crippen molar-refractivity contribution in [3.8, 4) is 11.5 Å². The SMILES string of the molecule is CC(C)[C@H]1C/C=C/C[C@H](C)Oc2ccccc2C(=O)N(C)[C@H](C(C)C)C(=O)N1.CC(C)[C@H]1C/C=C\C[C@H](C)Oc2ccccc2C(=O)N(C)[C@H](C(C)C)C(=O)N1. The van der Waals surface area contributed by atoms with Crippen LogP contribution in [0, 0.1) is 23.7 Å². The fourth-order valence-electron chi connectivity index (χ4n) is 7.10. The van der Waals surface area contributed by atoms with Crippen LogP contribution >= 0.6 is 0 Å². The summed E-state index contributed by atoms with van der Waals surface area (Å²) in [4.78, 5) is 55.8. The molecule has 0 unspecified atom stereocenters. The van der Waals surface area contributed by atoms with Crippen LogP contribution in [0.25, 0.3) is 0 Å². The maximum Gasteiger partial charge on any atom is 0.258 e. The molecule has 10 heteroatoms. The molecule has 0 aromatic heterocycles. The fourth-order valence-corrected chi connectivity index (χ4v) is 7.10. The topological polar surface area (TPSA) is 117 Å². The van der Waals surface area contributed by atoms with E-state index in [9.17, 15) is 19.2 Å². The van der Waals surface area contributed by atoms with Crippen molar-refractivity contribution in [2.45, 2.75) is 131 Å². The molecule has 2 heterocycles. The zero-order valence-electron chi connectivity index (χ0n) is 35.9. The second kappa shape index (κ2) is 21.6. The number of hydrogen-bond donors (Lipinski definition) is 2. The van der Waals surface area contributed by atoms with Crippen LogP contribution in [0.15, 0.2) is 72.8 Å².